The largest absolute Gasteiger partial charge is 0.465 e. The highest BCUT2D eigenvalue weighted by Gasteiger charge is 2.37. The Morgan fingerprint density at radius 2 is 1.97 bits per heavy atom. The number of aromatic nitrogens is 3. The van der Waals surface area contributed by atoms with Crippen molar-refractivity contribution in [3.05, 3.63) is 41.3 Å². The molecular formula is C22H26F3N5O4. The fraction of sp³-hybridized carbons (Fsp3) is 0.545. The molecule has 2 aromatic rings. The van der Waals surface area contributed by atoms with Crippen LogP contribution in [0.15, 0.2) is 24.4 Å². The van der Waals surface area contributed by atoms with E-state index in [-0.39, 0.29) is 30.4 Å². The van der Waals surface area contributed by atoms with Gasteiger partial charge in [-0.2, -0.15) is 18.3 Å². The Bertz CT molecular complexity index is 1020. The first-order valence-corrected chi connectivity index (χ1v) is 11.1. The zero-order chi connectivity index (χ0) is 24.5. The summed E-state index contributed by atoms with van der Waals surface area (Å²) in [7, 11) is 0. The normalized spacial score (nSPS) is 24.5. The van der Waals surface area contributed by atoms with Crippen LogP contribution in [0, 0.1) is 5.92 Å². The van der Waals surface area contributed by atoms with Crippen LogP contribution in [0.25, 0.3) is 0 Å². The van der Waals surface area contributed by atoms with E-state index >= 15 is 0 Å². The number of aromatic amines is 1. The number of carbonyl (C=O) groups is 2. The molecule has 2 aliphatic carbocycles. The van der Waals surface area contributed by atoms with Crippen LogP contribution in [0.4, 0.5) is 23.8 Å². The SMILES string of the molecule is O=C(Cc1ccc(C(F)(F)F)nc1)Nc1cc([C@@H]2CC[C@H](N(C[C@H]3C[C@H](O)C3)C(=O)O)C2)[nH]n1. The number of nitrogens with zero attached hydrogens (tertiary/aromatic N) is 3. The predicted molar refractivity (Wildman–Crippen MR) is 114 cm³/mol. The minimum absolute atomic E-state index is 0.0658. The second kappa shape index (κ2) is 9.61. The van der Waals surface area contributed by atoms with E-state index < -0.39 is 23.9 Å². The van der Waals surface area contributed by atoms with Crippen LogP contribution in [0.5, 0.6) is 0 Å². The van der Waals surface area contributed by atoms with Gasteiger partial charge >= 0.3 is 12.3 Å². The van der Waals surface area contributed by atoms with Crippen LogP contribution in [0.2, 0.25) is 0 Å². The summed E-state index contributed by atoms with van der Waals surface area (Å²) < 4.78 is 37.8. The standard InChI is InChI=1S/C22H26F3N5O4/c23-22(24,25)18-4-1-12(10-26-18)7-20(32)27-19-9-17(28-29-19)14-2-3-15(8-14)30(21(33)34)11-13-5-16(31)6-13/h1,4,9-10,13-16,31H,2-3,5-8,11H2,(H,33,34)(H2,27,28,29,32)/t13-,14-,15+,16-/m1/s1. The first-order valence-electron chi connectivity index (χ1n) is 11.1. The zero-order valence-corrected chi connectivity index (χ0v) is 18.3. The monoisotopic (exact) mass is 481 g/mol. The van der Waals surface area contributed by atoms with Crippen molar-refractivity contribution in [1.82, 2.24) is 20.1 Å². The van der Waals surface area contributed by atoms with Gasteiger partial charge in [-0.15, -0.1) is 0 Å². The Morgan fingerprint density at radius 3 is 2.59 bits per heavy atom. The van der Waals surface area contributed by atoms with Gasteiger partial charge in [0, 0.05) is 36.5 Å². The lowest BCUT2D eigenvalue weighted by Crippen LogP contribution is -2.45. The number of halogens is 3. The third-order valence-electron chi connectivity index (χ3n) is 6.54. The minimum Gasteiger partial charge on any atom is -0.465 e. The number of hydrogen-bond donors (Lipinski definition) is 4. The van der Waals surface area contributed by atoms with Crippen molar-refractivity contribution in [2.45, 2.75) is 62.8 Å². The molecule has 9 nitrogen and oxygen atoms in total. The summed E-state index contributed by atoms with van der Waals surface area (Å²) in [5, 5.41) is 28.7. The molecule has 2 amide bonds. The van der Waals surface area contributed by atoms with E-state index in [1.54, 1.807) is 6.07 Å². The molecule has 0 unspecified atom stereocenters. The molecule has 2 fully saturated rings. The number of carboxylic acid groups (broad SMARTS) is 1. The van der Waals surface area contributed by atoms with Gasteiger partial charge in [0.25, 0.3) is 0 Å². The first-order chi connectivity index (χ1) is 16.1. The van der Waals surface area contributed by atoms with E-state index in [0.717, 1.165) is 24.4 Å². The van der Waals surface area contributed by atoms with Gasteiger partial charge in [0.2, 0.25) is 5.91 Å². The molecular weight excluding hydrogens is 455 g/mol. The lowest BCUT2D eigenvalue weighted by molar-refractivity contribution is -0.141. The Balaban J connectivity index is 1.30. The maximum absolute atomic E-state index is 12.6. The minimum atomic E-state index is -4.54. The highest BCUT2D eigenvalue weighted by Crippen LogP contribution is 2.38. The number of rotatable bonds is 7. The zero-order valence-electron chi connectivity index (χ0n) is 18.3. The highest BCUT2D eigenvalue weighted by atomic mass is 19.4. The molecule has 0 saturated heterocycles. The van der Waals surface area contributed by atoms with Gasteiger partial charge in [0.05, 0.1) is 12.5 Å². The van der Waals surface area contributed by atoms with E-state index in [1.807, 2.05) is 0 Å². The number of nitrogens with one attached hydrogen (secondary N) is 2. The number of H-pyrrole nitrogens is 1. The van der Waals surface area contributed by atoms with Gasteiger partial charge in [0.15, 0.2) is 5.82 Å². The number of carbonyl (C=O) groups excluding carboxylic acids is 1. The van der Waals surface area contributed by atoms with Crippen molar-refractivity contribution in [1.29, 1.82) is 0 Å². The Morgan fingerprint density at radius 1 is 1.21 bits per heavy atom. The van der Waals surface area contributed by atoms with Crippen LogP contribution in [0.3, 0.4) is 0 Å². The third-order valence-corrected chi connectivity index (χ3v) is 6.54. The number of pyridine rings is 1. The molecule has 184 valence electrons. The molecule has 0 bridgehead atoms. The van der Waals surface area contributed by atoms with E-state index in [2.05, 4.69) is 20.5 Å². The second-order valence-electron chi connectivity index (χ2n) is 9.07. The molecule has 2 aliphatic rings. The summed E-state index contributed by atoms with van der Waals surface area (Å²) in [6, 6.07) is 3.62. The number of aliphatic hydroxyl groups excluding tert-OH is 1. The second-order valence-corrected chi connectivity index (χ2v) is 9.07. The molecule has 2 atom stereocenters. The average molecular weight is 481 g/mol. The lowest BCUT2D eigenvalue weighted by Gasteiger charge is -2.37. The van der Waals surface area contributed by atoms with E-state index in [0.29, 0.717) is 43.6 Å². The third kappa shape index (κ3) is 5.66. The van der Waals surface area contributed by atoms with Crippen LogP contribution in [0.1, 0.15) is 55.0 Å². The van der Waals surface area contributed by atoms with E-state index in [1.165, 1.54) is 11.0 Å². The van der Waals surface area contributed by atoms with Crippen molar-refractivity contribution in [2.24, 2.45) is 5.92 Å². The highest BCUT2D eigenvalue weighted by molar-refractivity contribution is 5.91. The molecule has 0 spiro atoms. The molecule has 0 radical (unpaired) electrons. The summed E-state index contributed by atoms with van der Waals surface area (Å²) in [6.07, 6.45) is -1.56. The Labute approximate surface area is 193 Å². The van der Waals surface area contributed by atoms with Crippen LogP contribution < -0.4 is 5.32 Å². The molecule has 0 aromatic carbocycles. The molecule has 34 heavy (non-hydrogen) atoms. The molecule has 2 heterocycles. The van der Waals surface area contributed by atoms with Crippen molar-refractivity contribution < 1.29 is 33.0 Å². The van der Waals surface area contributed by atoms with Gasteiger partial charge in [-0.1, -0.05) is 6.07 Å². The molecule has 0 aliphatic heterocycles. The fourth-order valence-corrected chi connectivity index (χ4v) is 4.71. The van der Waals surface area contributed by atoms with Crippen molar-refractivity contribution >= 4 is 17.8 Å². The van der Waals surface area contributed by atoms with Crippen molar-refractivity contribution in [2.75, 3.05) is 11.9 Å². The van der Waals surface area contributed by atoms with Gasteiger partial charge < -0.3 is 20.4 Å². The molecule has 4 N–H and O–H groups in total. The molecule has 4 rings (SSSR count). The molecule has 2 aromatic heterocycles. The number of anilines is 1. The van der Waals surface area contributed by atoms with Gasteiger partial charge in [-0.05, 0) is 49.7 Å². The summed E-state index contributed by atoms with van der Waals surface area (Å²) in [5.41, 5.74) is 0.112. The maximum Gasteiger partial charge on any atom is 0.433 e. The maximum atomic E-state index is 12.6. The average Bonchev–Trinajstić information content (AvgIpc) is 3.39. The summed E-state index contributed by atoms with van der Waals surface area (Å²) >= 11 is 0. The predicted octanol–water partition coefficient (Wildman–Crippen LogP) is 3.39. The summed E-state index contributed by atoms with van der Waals surface area (Å²) in [5.74, 6) is 0.112. The lowest BCUT2D eigenvalue weighted by atomic mass is 9.82. The fourth-order valence-electron chi connectivity index (χ4n) is 4.71. The van der Waals surface area contributed by atoms with Crippen LogP contribution >= 0.6 is 0 Å². The Kier molecular flexibility index (Phi) is 6.78. The van der Waals surface area contributed by atoms with Crippen molar-refractivity contribution in [3.8, 4) is 0 Å². The Hall–Kier alpha value is -3.15. The molecule has 12 heteroatoms. The van der Waals surface area contributed by atoms with E-state index in [4.69, 9.17) is 0 Å². The number of amides is 2. The van der Waals surface area contributed by atoms with E-state index in [9.17, 15) is 33.0 Å². The summed E-state index contributed by atoms with van der Waals surface area (Å²) in [4.78, 5) is 28.9. The number of alkyl halides is 3. The van der Waals surface area contributed by atoms with Crippen LogP contribution in [-0.4, -0.2) is 61.0 Å². The summed E-state index contributed by atoms with van der Waals surface area (Å²) in [6.45, 7) is 0.423. The quantitative estimate of drug-likeness (QED) is 0.479. The molecule has 2 saturated carbocycles. The van der Waals surface area contributed by atoms with Crippen LogP contribution in [-0.2, 0) is 17.4 Å². The van der Waals surface area contributed by atoms with Crippen molar-refractivity contribution in [3.63, 3.8) is 0 Å². The smallest absolute Gasteiger partial charge is 0.433 e. The van der Waals surface area contributed by atoms with Gasteiger partial charge in [0.1, 0.15) is 5.69 Å². The van der Waals surface area contributed by atoms with Gasteiger partial charge in [-0.3, -0.25) is 14.9 Å². The number of hydrogen-bond acceptors (Lipinski definition) is 5. The first kappa shape index (κ1) is 24.0. The van der Waals surface area contributed by atoms with Gasteiger partial charge in [-0.25, -0.2) is 4.79 Å². The topological polar surface area (TPSA) is 131 Å². The number of aliphatic hydroxyl groups is 1.